The smallest absolute Gasteiger partial charge is 0.193 e. The Labute approximate surface area is 148 Å². The first-order valence-corrected chi connectivity index (χ1v) is 8.24. The third kappa shape index (κ3) is 5.97. The molecule has 0 saturated heterocycles. The lowest BCUT2D eigenvalue weighted by atomic mass is 10.1. The van der Waals surface area contributed by atoms with E-state index < -0.39 is 0 Å². The molecule has 4 nitrogen and oxygen atoms in total. The minimum absolute atomic E-state index is 0.0237. The second-order valence-electron chi connectivity index (χ2n) is 4.93. The molecule has 0 saturated carbocycles. The molecule has 0 atom stereocenters. The van der Waals surface area contributed by atoms with Crippen molar-refractivity contribution in [1.82, 2.24) is 0 Å². The maximum Gasteiger partial charge on any atom is 0.193 e. The van der Waals surface area contributed by atoms with Crippen LogP contribution in [0.2, 0.25) is 0 Å². The van der Waals surface area contributed by atoms with E-state index in [9.17, 15) is 9.18 Å². The fraction of sp³-hybridized carbons (Fsp3) is 0.176. The summed E-state index contributed by atoms with van der Waals surface area (Å²) in [5.41, 5.74) is 7.18. The lowest BCUT2D eigenvalue weighted by Gasteiger charge is -2.05. The maximum absolute atomic E-state index is 12.8. The molecule has 0 amide bonds. The minimum atomic E-state index is -0.347. The van der Waals surface area contributed by atoms with Gasteiger partial charge in [-0.1, -0.05) is 0 Å². The summed E-state index contributed by atoms with van der Waals surface area (Å²) >= 11 is 2.23. The third-order valence-electron chi connectivity index (χ3n) is 3.13. The molecular formula is C17H17FIN3O. The normalized spacial score (nSPS) is 11.3. The van der Waals surface area contributed by atoms with Crippen LogP contribution in [0.15, 0.2) is 53.5 Å². The van der Waals surface area contributed by atoms with Gasteiger partial charge in [-0.05, 0) is 77.5 Å². The Morgan fingerprint density at radius 1 is 1.13 bits per heavy atom. The molecule has 0 aliphatic rings. The molecule has 0 heterocycles. The van der Waals surface area contributed by atoms with E-state index in [0.717, 1.165) is 9.26 Å². The third-order valence-corrected chi connectivity index (χ3v) is 3.85. The average molecular weight is 425 g/mol. The number of carbonyl (C=O) groups excluding carboxylic acids is 1. The minimum Gasteiger partial charge on any atom is -0.370 e. The molecule has 0 bridgehead atoms. The summed E-state index contributed by atoms with van der Waals surface area (Å²) in [6.45, 7) is 0.455. The summed E-state index contributed by atoms with van der Waals surface area (Å²) in [5.74, 6) is -0.0506. The van der Waals surface area contributed by atoms with Crippen molar-refractivity contribution in [2.75, 3.05) is 11.9 Å². The van der Waals surface area contributed by atoms with Crippen molar-refractivity contribution in [2.24, 2.45) is 10.7 Å². The van der Waals surface area contributed by atoms with E-state index in [2.05, 4.69) is 32.9 Å². The molecule has 0 aliphatic carbocycles. The summed E-state index contributed by atoms with van der Waals surface area (Å²) in [7, 11) is 0. The van der Waals surface area contributed by atoms with Gasteiger partial charge in [-0.15, -0.1) is 0 Å². The number of nitrogens with two attached hydrogens (primary N) is 1. The van der Waals surface area contributed by atoms with E-state index in [-0.39, 0.29) is 11.6 Å². The van der Waals surface area contributed by atoms with Gasteiger partial charge in [0.15, 0.2) is 11.7 Å². The highest BCUT2D eigenvalue weighted by atomic mass is 127. The Kier molecular flexibility index (Phi) is 6.52. The van der Waals surface area contributed by atoms with Gasteiger partial charge in [0, 0.05) is 27.8 Å². The molecule has 2 rings (SSSR count). The van der Waals surface area contributed by atoms with E-state index in [1.807, 2.05) is 24.3 Å². The molecule has 6 heteroatoms. The van der Waals surface area contributed by atoms with Gasteiger partial charge >= 0.3 is 0 Å². The van der Waals surface area contributed by atoms with Crippen molar-refractivity contribution >= 4 is 40.0 Å². The molecule has 0 spiro atoms. The number of carbonyl (C=O) groups is 1. The predicted octanol–water partition coefficient (Wildman–Crippen LogP) is 3.82. The van der Waals surface area contributed by atoms with Crippen LogP contribution in [-0.2, 0) is 0 Å². The van der Waals surface area contributed by atoms with Crippen molar-refractivity contribution in [3.8, 4) is 0 Å². The summed E-state index contributed by atoms with van der Waals surface area (Å²) in [6.07, 6.45) is 0.942. The Bertz CT molecular complexity index is 684. The quantitative estimate of drug-likeness (QED) is 0.243. The highest BCUT2D eigenvalue weighted by molar-refractivity contribution is 14.1. The highest BCUT2D eigenvalue weighted by Gasteiger charge is 2.05. The zero-order valence-corrected chi connectivity index (χ0v) is 14.6. The van der Waals surface area contributed by atoms with Crippen LogP contribution in [0.3, 0.4) is 0 Å². The van der Waals surface area contributed by atoms with Crippen LogP contribution in [0, 0.1) is 9.39 Å². The Morgan fingerprint density at radius 2 is 1.78 bits per heavy atom. The Balaban J connectivity index is 1.76. The fourth-order valence-electron chi connectivity index (χ4n) is 1.94. The number of nitrogens with zero attached hydrogens (tertiary/aromatic N) is 1. The molecule has 0 fully saturated rings. The number of guanidine groups is 1. The predicted molar refractivity (Wildman–Crippen MR) is 99.2 cm³/mol. The fourth-order valence-corrected chi connectivity index (χ4v) is 2.30. The zero-order chi connectivity index (χ0) is 16.7. The van der Waals surface area contributed by atoms with Gasteiger partial charge in [-0.3, -0.25) is 9.79 Å². The topological polar surface area (TPSA) is 67.5 Å². The lowest BCUT2D eigenvalue weighted by Crippen LogP contribution is -2.22. The number of aliphatic imine (C=N–C) groups is 1. The van der Waals surface area contributed by atoms with Crippen LogP contribution in [0.25, 0.3) is 0 Å². The number of anilines is 1. The second kappa shape index (κ2) is 8.61. The number of hydrogen-bond donors (Lipinski definition) is 2. The molecule has 0 radical (unpaired) electrons. The summed E-state index contributed by atoms with van der Waals surface area (Å²) in [5, 5.41) is 2.99. The molecule has 0 aromatic heterocycles. The second-order valence-corrected chi connectivity index (χ2v) is 6.18. The van der Waals surface area contributed by atoms with Crippen LogP contribution < -0.4 is 11.1 Å². The Hall–Kier alpha value is -1.96. The summed E-state index contributed by atoms with van der Waals surface area (Å²) in [6, 6.07) is 13.3. The molecule has 120 valence electrons. The maximum atomic E-state index is 12.8. The summed E-state index contributed by atoms with van der Waals surface area (Å²) < 4.78 is 13.9. The highest BCUT2D eigenvalue weighted by Crippen LogP contribution is 2.11. The van der Waals surface area contributed by atoms with Crippen molar-refractivity contribution in [1.29, 1.82) is 0 Å². The van der Waals surface area contributed by atoms with Gasteiger partial charge in [-0.2, -0.15) is 0 Å². The van der Waals surface area contributed by atoms with E-state index >= 15 is 0 Å². The largest absolute Gasteiger partial charge is 0.370 e. The van der Waals surface area contributed by atoms with E-state index in [4.69, 9.17) is 5.73 Å². The van der Waals surface area contributed by atoms with E-state index in [0.29, 0.717) is 30.9 Å². The van der Waals surface area contributed by atoms with Gasteiger partial charge in [-0.25, -0.2) is 4.39 Å². The molecule has 0 aliphatic heterocycles. The van der Waals surface area contributed by atoms with Gasteiger partial charge in [0.05, 0.1) is 0 Å². The molecular weight excluding hydrogens is 408 g/mol. The van der Waals surface area contributed by atoms with E-state index in [1.54, 1.807) is 0 Å². The van der Waals surface area contributed by atoms with Crippen molar-refractivity contribution in [2.45, 2.75) is 12.8 Å². The van der Waals surface area contributed by atoms with Gasteiger partial charge in [0.2, 0.25) is 0 Å². The van der Waals surface area contributed by atoms with Gasteiger partial charge in [0.1, 0.15) is 5.82 Å². The van der Waals surface area contributed by atoms with Gasteiger partial charge in [0.25, 0.3) is 0 Å². The molecule has 0 unspecified atom stereocenters. The Morgan fingerprint density at radius 3 is 2.43 bits per heavy atom. The molecule has 23 heavy (non-hydrogen) atoms. The number of ketones is 1. The first-order valence-electron chi connectivity index (χ1n) is 7.16. The van der Waals surface area contributed by atoms with Crippen LogP contribution in [0.4, 0.5) is 10.1 Å². The standard InChI is InChI=1S/C17H17FIN3O/c18-13-5-3-12(4-6-13)16(23)2-1-11-21-17(20)22-15-9-7-14(19)8-10-15/h3-10H,1-2,11H2,(H3,20,21,22). The number of nitrogens with one attached hydrogen (secondary N) is 1. The molecule has 3 N–H and O–H groups in total. The number of hydrogen-bond acceptors (Lipinski definition) is 2. The van der Waals surface area contributed by atoms with E-state index in [1.165, 1.54) is 24.3 Å². The van der Waals surface area contributed by atoms with Crippen molar-refractivity contribution in [3.05, 3.63) is 63.5 Å². The van der Waals surface area contributed by atoms with Crippen molar-refractivity contribution < 1.29 is 9.18 Å². The summed E-state index contributed by atoms with van der Waals surface area (Å²) in [4.78, 5) is 16.1. The number of Topliss-reactive ketones (excluding diaryl/α,β-unsaturated/α-hetero) is 1. The van der Waals surface area contributed by atoms with Crippen LogP contribution in [-0.4, -0.2) is 18.3 Å². The monoisotopic (exact) mass is 425 g/mol. The number of rotatable bonds is 6. The molecule has 2 aromatic rings. The van der Waals surface area contributed by atoms with Gasteiger partial charge < -0.3 is 11.1 Å². The first-order chi connectivity index (χ1) is 11.0. The lowest BCUT2D eigenvalue weighted by molar-refractivity contribution is 0.0981. The average Bonchev–Trinajstić information content (AvgIpc) is 2.54. The first kappa shape index (κ1) is 17.4. The molecule has 2 aromatic carbocycles. The zero-order valence-electron chi connectivity index (χ0n) is 12.4. The number of halogens is 2. The van der Waals surface area contributed by atoms with Crippen LogP contribution in [0.1, 0.15) is 23.2 Å². The van der Waals surface area contributed by atoms with Crippen LogP contribution in [0.5, 0.6) is 0 Å². The SMILES string of the molecule is NC(=NCCCC(=O)c1ccc(F)cc1)Nc1ccc(I)cc1. The number of benzene rings is 2. The van der Waals surface area contributed by atoms with Crippen molar-refractivity contribution in [3.63, 3.8) is 0 Å². The van der Waals surface area contributed by atoms with Crippen LogP contribution >= 0.6 is 22.6 Å².